The summed E-state index contributed by atoms with van der Waals surface area (Å²) in [4.78, 5) is 4.71. The number of nitrogens with zero attached hydrogens (tertiary/aromatic N) is 4. The molecule has 0 atom stereocenters. The van der Waals surface area contributed by atoms with Gasteiger partial charge in [-0.2, -0.15) is 4.40 Å². The van der Waals surface area contributed by atoms with Gasteiger partial charge in [0.15, 0.2) is 0 Å². The molecular formula is C21H19ClN4O4. The van der Waals surface area contributed by atoms with Crippen molar-refractivity contribution >= 4 is 12.0 Å². The molecule has 0 fully saturated rings. The van der Waals surface area contributed by atoms with E-state index in [9.17, 15) is 0 Å². The fraction of sp³-hybridized carbons (Fsp3) is 0.0952. The van der Waals surface area contributed by atoms with Gasteiger partial charge in [-0.15, -0.1) is 20.0 Å². The van der Waals surface area contributed by atoms with Crippen LogP contribution in [0.15, 0.2) is 78.0 Å². The van der Waals surface area contributed by atoms with Crippen LogP contribution in [-0.2, 0) is 0 Å². The molecule has 9 heteroatoms. The molecule has 154 valence electrons. The van der Waals surface area contributed by atoms with Crippen molar-refractivity contribution in [3.8, 4) is 11.3 Å². The Bertz CT molecular complexity index is 1150. The van der Waals surface area contributed by atoms with Crippen LogP contribution in [0.4, 0.5) is 0 Å². The van der Waals surface area contributed by atoms with Crippen LogP contribution in [0.2, 0.25) is 0 Å². The third-order valence-corrected chi connectivity index (χ3v) is 4.14. The Kier molecular flexibility index (Phi) is 6.56. The van der Waals surface area contributed by atoms with Gasteiger partial charge in [0.2, 0.25) is 0 Å². The normalized spacial score (nSPS) is 11.5. The highest BCUT2D eigenvalue weighted by Crippen LogP contribution is 2.18. The summed E-state index contributed by atoms with van der Waals surface area (Å²) in [7, 11) is -4.94. The van der Waals surface area contributed by atoms with Crippen LogP contribution in [0.3, 0.4) is 0 Å². The fourth-order valence-corrected chi connectivity index (χ4v) is 3.01. The third-order valence-electron chi connectivity index (χ3n) is 4.14. The maximum Gasteiger partial charge on any atom is 0.428 e. The smallest absolute Gasteiger partial charge is 0.222 e. The van der Waals surface area contributed by atoms with Crippen molar-refractivity contribution in [3.63, 3.8) is 0 Å². The summed E-state index contributed by atoms with van der Waals surface area (Å²) in [5, 5.41) is 4.64. The average Bonchev–Trinajstić information content (AvgIpc) is 3.05. The Morgan fingerprint density at radius 3 is 2.10 bits per heavy atom. The Balaban J connectivity index is 0.000000461. The van der Waals surface area contributed by atoms with Crippen molar-refractivity contribution in [2.24, 2.45) is 5.10 Å². The first-order valence-electron chi connectivity index (χ1n) is 8.90. The monoisotopic (exact) mass is 426 g/mol. The molecule has 0 aliphatic carbocycles. The fourth-order valence-electron chi connectivity index (χ4n) is 3.01. The lowest BCUT2D eigenvalue weighted by Crippen LogP contribution is -2.68. The minimum atomic E-state index is -4.94. The summed E-state index contributed by atoms with van der Waals surface area (Å²) < 4.78 is 38.0. The first kappa shape index (κ1) is 21.6. The molecule has 0 spiro atoms. The Morgan fingerprint density at radius 1 is 0.933 bits per heavy atom. The zero-order valence-electron chi connectivity index (χ0n) is 16.3. The van der Waals surface area contributed by atoms with Crippen molar-refractivity contribution in [1.29, 1.82) is 0 Å². The van der Waals surface area contributed by atoms with Crippen LogP contribution in [0.1, 0.15) is 17.0 Å². The van der Waals surface area contributed by atoms with Gasteiger partial charge < -0.3 is 0 Å². The summed E-state index contributed by atoms with van der Waals surface area (Å²) in [5.41, 5.74) is 5.38. The highest BCUT2D eigenvalue weighted by molar-refractivity contribution is 5.79. The number of imidazole rings is 1. The van der Waals surface area contributed by atoms with Gasteiger partial charge in [0.1, 0.15) is 17.6 Å². The lowest BCUT2D eigenvalue weighted by Gasteiger charge is -2.17. The van der Waals surface area contributed by atoms with E-state index in [2.05, 4.69) is 34.6 Å². The second-order valence-electron chi connectivity index (χ2n) is 6.43. The van der Waals surface area contributed by atoms with Crippen molar-refractivity contribution in [2.75, 3.05) is 0 Å². The van der Waals surface area contributed by atoms with Gasteiger partial charge >= 0.3 is 5.78 Å². The van der Waals surface area contributed by atoms with E-state index in [4.69, 9.17) is 23.6 Å². The number of hydrogen-bond donors (Lipinski definition) is 0. The van der Waals surface area contributed by atoms with E-state index >= 15 is 0 Å². The van der Waals surface area contributed by atoms with E-state index in [0.717, 1.165) is 34.0 Å². The quantitative estimate of drug-likeness (QED) is 0.308. The molecule has 30 heavy (non-hydrogen) atoms. The molecule has 2 heterocycles. The molecule has 0 unspecified atom stereocenters. The van der Waals surface area contributed by atoms with Crippen LogP contribution in [-0.4, -0.2) is 15.9 Å². The number of hydrogen-bond acceptors (Lipinski definition) is 6. The van der Waals surface area contributed by atoms with Crippen LogP contribution in [0, 0.1) is 24.1 Å². The largest absolute Gasteiger partial charge is 0.428 e. The van der Waals surface area contributed by atoms with E-state index in [1.54, 1.807) is 0 Å². The number of aromatic nitrogens is 3. The molecule has 0 radical (unpaired) electrons. The SMILES string of the molecule is Cc1cc(C)[n+]2c(-c3ccccc3)cn(/N=C/c3ccccc3)c2n1.[O-][Cl+3]([O-])([O-])[O-]. The van der Waals surface area contributed by atoms with Crippen molar-refractivity contribution in [2.45, 2.75) is 13.8 Å². The van der Waals surface area contributed by atoms with Gasteiger partial charge in [-0.05, 0) is 19.4 Å². The third kappa shape index (κ3) is 5.69. The van der Waals surface area contributed by atoms with E-state index in [-0.39, 0.29) is 0 Å². The van der Waals surface area contributed by atoms with Crippen molar-refractivity contribution in [1.82, 2.24) is 9.66 Å². The molecule has 0 N–H and O–H groups in total. The summed E-state index contributed by atoms with van der Waals surface area (Å²) in [6.07, 6.45) is 3.89. The van der Waals surface area contributed by atoms with E-state index in [0.29, 0.717) is 0 Å². The molecule has 0 saturated heterocycles. The van der Waals surface area contributed by atoms with E-state index in [1.165, 1.54) is 0 Å². The van der Waals surface area contributed by atoms with Gasteiger partial charge in [-0.25, -0.2) is 18.6 Å². The van der Waals surface area contributed by atoms with Crippen molar-refractivity contribution in [3.05, 3.63) is 89.9 Å². The summed E-state index contributed by atoms with van der Waals surface area (Å²) in [6, 6.07) is 22.5. The molecule has 4 rings (SSSR count). The van der Waals surface area contributed by atoms with Gasteiger partial charge in [0.05, 0.1) is 11.9 Å². The number of benzene rings is 2. The average molecular weight is 427 g/mol. The van der Waals surface area contributed by atoms with Gasteiger partial charge in [-0.3, -0.25) is 0 Å². The minimum absolute atomic E-state index is 0.809. The Labute approximate surface area is 175 Å². The molecule has 0 amide bonds. The second-order valence-corrected chi connectivity index (χ2v) is 7.19. The van der Waals surface area contributed by atoms with E-state index in [1.807, 2.05) is 72.5 Å². The second kappa shape index (κ2) is 9.12. The zero-order chi connectivity index (χ0) is 21.7. The summed E-state index contributed by atoms with van der Waals surface area (Å²) in [5.74, 6) is 0.809. The Morgan fingerprint density at radius 2 is 1.50 bits per heavy atom. The first-order valence-corrected chi connectivity index (χ1v) is 10.1. The molecular weight excluding hydrogens is 408 g/mol. The maximum absolute atomic E-state index is 8.49. The number of aryl methyl sites for hydroxylation is 2. The van der Waals surface area contributed by atoms with Gasteiger partial charge in [0, 0.05) is 11.6 Å². The van der Waals surface area contributed by atoms with Crippen LogP contribution in [0.25, 0.3) is 17.0 Å². The Hall–Kier alpha value is -3.14. The van der Waals surface area contributed by atoms with Gasteiger partial charge in [-0.1, -0.05) is 65.6 Å². The molecule has 0 bridgehead atoms. The van der Waals surface area contributed by atoms with Crippen LogP contribution in [0.5, 0.6) is 0 Å². The topological polar surface area (TPSA) is 127 Å². The molecule has 2 aromatic heterocycles. The first-order chi connectivity index (χ1) is 14.2. The summed E-state index contributed by atoms with van der Waals surface area (Å²) >= 11 is 0. The maximum atomic E-state index is 8.49. The molecule has 0 aliphatic heterocycles. The molecule has 2 aromatic carbocycles. The molecule has 0 aliphatic rings. The standard InChI is InChI=1S/C21H19N4.ClHO4/c1-16-13-17(2)25-20(19-11-7-4-8-12-19)15-24(21(25)23-16)22-14-18-9-5-3-6-10-18;2-1(3,4)5/h3-15H,1-2H3;(H,2,3,4,5)/q+1;/p-1/b22-14+;. The van der Waals surface area contributed by atoms with Crippen molar-refractivity contribution < 1.29 is 33.3 Å². The molecule has 4 aromatic rings. The highest BCUT2D eigenvalue weighted by Gasteiger charge is 2.21. The predicted octanol–water partition coefficient (Wildman–Crippen LogP) is -0.968. The van der Waals surface area contributed by atoms with E-state index < -0.39 is 10.2 Å². The lowest BCUT2D eigenvalue weighted by molar-refractivity contribution is -2.00. The zero-order valence-corrected chi connectivity index (χ0v) is 17.1. The minimum Gasteiger partial charge on any atom is -0.222 e. The molecule has 0 saturated carbocycles. The number of halogens is 1. The predicted molar refractivity (Wildman–Crippen MR) is 99.7 cm³/mol. The van der Waals surface area contributed by atoms with Crippen LogP contribution < -0.4 is 23.0 Å². The number of fused-ring (bicyclic) bond motifs is 1. The molecule has 8 nitrogen and oxygen atoms in total. The lowest BCUT2D eigenvalue weighted by atomic mass is 10.2. The summed E-state index contributed by atoms with van der Waals surface area (Å²) in [6.45, 7) is 4.10. The highest BCUT2D eigenvalue weighted by atomic mass is 35.7. The number of rotatable bonds is 3. The van der Waals surface area contributed by atoms with Gasteiger partial charge in [0.25, 0.3) is 0 Å². The van der Waals surface area contributed by atoms with Crippen LogP contribution >= 0.6 is 0 Å².